The molecule has 3 aromatic rings. The Hall–Kier alpha value is -2.06. The first-order valence-corrected chi connectivity index (χ1v) is 6.70. The van der Waals surface area contributed by atoms with E-state index < -0.39 is 0 Å². The van der Waals surface area contributed by atoms with Crippen LogP contribution in [0.5, 0.6) is 0 Å². The Morgan fingerprint density at radius 1 is 1.35 bits per heavy atom. The monoisotopic (exact) mass is 334 g/mol. The van der Waals surface area contributed by atoms with Crippen molar-refractivity contribution < 1.29 is 4.52 Å². The molecule has 0 radical (unpaired) electrons. The third-order valence-corrected chi connectivity index (χ3v) is 3.18. The molecule has 3 heterocycles. The highest BCUT2D eigenvalue weighted by molar-refractivity contribution is 9.10. The number of halogens is 1. The summed E-state index contributed by atoms with van der Waals surface area (Å²) in [5.74, 6) is 0.798. The average molecular weight is 335 g/mol. The van der Waals surface area contributed by atoms with Crippen LogP contribution >= 0.6 is 15.9 Å². The Morgan fingerprint density at radius 3 is 2.95 bits per heavy atom. The molecule has 0 bridgehead atoms. The minimum atomic E-state index is -0.382. The maximum Gasteiger partial charge on any atom is 0.244 e. The first-order valence-electron chi connectivity index (χ1n) is 5.91. The molecule has 8 heteroatoms. The van der Waals surface area contributed by atoms with Crippen LogP contribution in [0.25, 0.3) is 11.5 Å². The first kappa shape index (κ1) is 12.9. The maximum absolute atomic E-state index is 6.03. The summed E-state index contributed by atoms with van der Waals surface area (Å²) in [5.41, 5.74) is 7.58. The summed E-state index contributed by atoms with van der Waals surface area (Å²) in [7, 11) is 0. The molecule has 0 aromatic carbocycles. The van der Waals surface area contributed by atoms with Crippen LogP contribution < -0.4 is 5.73 Å². The number of nitrogens with zero attached hydrogens (tertiary/aromatic N) is 4. The van der Waals surface area contributed by atoms with Gasteiger partial charge >= 0.3 is 0 Å². The van der Waals surface area contributed by atoms with E-state index in [2.05, 4.69) is 41.0 Å². The van der Waals surface area contributed by atoms with Crippen molar-refractivity contribution in [1.82, 2.24) is 25.1 Å². The molecule has 20 heavy (non-hydrogen) atoms. The Labute approximate surface area is 122 Å². The quantitative estimate of drug-likeness (QED) is 0.754. The first-order chi connectivity index (χ1) is 9.72. The topological polar surface area (TPSA) is 107 Å². The fourth-order valence-electron chi connectivity index (χ4n) is 1.72. The molecule has 0 amide bonds. The second-order valence-electron chi connectivity index (χ2n) is 4.21. The van der Waals surface area contributed by atoms with Gasteiger partial charge in [0.15, 0.2) is 0 Å². The maximum atomic E-state index is 6.03. The van der Waals surface area contributed by atoms with Crippen molar-refractivity contribution in [2.75, 3.05) is 0 Å². The van der Waals surface area contributed by atoms with Gasteiger partial charge in [-0.15, -0.1) is 0 Å². The SMILES string of the molecule is N[C@H](Cc1cnc[nH]1)c1nc(-c2ccc(Br)cn2)no1. The van der Waals surface area contributed by atoms with Crippen LogP contribution in [-0.4, -0.2) is 25.1 Å². The van der Waals surface area contributed by atoms with Gasteiger partial charge in [0.25, 0.3) is 0 Å². The molecule has 0 aliphatic heterocycles. The number of H-pyrrole nitrogens is 1. The number of aromatic nitrogens is 5. The van der Waals surface area contributed by atoms with Crippen molar-refractivity contribution in [3.63, 3.8) is 0 Å². The molecule has 3 aromatic heterocycles. The lowest BCUT2D eigenvalue weighted by molar-refractivity contribution is 0.354. The zero-order chi connectivity index (χ0) is 13.9. The summed E-state index contributed by atoms with van der Waals surface area (Å²) in [4.78, 5) is 15.4. The molecule has 0 aliphatic rings. The van der Waals surface area contributed by atoms with Gasteiger partial charge in [0, 0.05) is 29.0 Å². The molecule has 0 spiro atoms. The molecule has 1 atom stereocenters. The number of rotatable bonds is 4. The molecule has 0 unspecified atom stereocenters. The van der Waals surface area contributed by atoms with Gasteiger partial charge in [0.05, 0.1) is 12.4 Å². The van der Waals surface area contributed by atoms with Gasteiger partial charge in [0.2, 0.25) is 11.7 Å². The van der Waals surface area contributed by atoms with E-state index in [1.807, 2.05) is 6.07 Å². The van der Waals surface area contributed by atoms with Crippen molar-refractivity contribution in [2.45, 2.75) is 12.5 Å². The number of hydrogen-bond acceptors (Lipinski definition) is 6. The molecule has 3 rings (SSSR count). The highest BCUT2D eigenvalue weighted by Gasteiger charge is 2.17. The van der Waals surface area contributed by atoms with Gasteiger partial charge in [0.1, 0.15) is 5.69 Å². The number of aromatic amines is 1. The molecular formula is C12H11BrN6O. The number of nitrogens with one attached hydrogen (secondary N) is 1. The predicted octanol–water partition coefficient (Wildman–Crippen LogP) is 1.86. The van der Waals surface area contributed by atoms with Crippen LogP contribution in [0.1, 0.15) is 17.6 Å². The van der Waals surface area contributed by atoms with Crippen molar-refractivity contribution in [1.29, 1.82) is 0 Å². The van der Waals surface area contributed by atoms with Gasteiger partial charge < -0.3 is 15.2 Å². The van der Waals surface area contributed by atoms with Gasteiger partial charge in [-0.05, 0) is 28.1 Å². The molecule has 0 fully saturated rings. The van der Waals surface area contributed by atoms with Crippen LogP contribution in [0, 0.1) is 0 Å². The van der Waals surface area contributed by atoms with Crippen molar-refractivity contribution in [3.05, 3.63) is 46.9 Å². The Balaban J connectivity index is 1.77. The van der Waals surface area contributed by atoms with E-state index in [1.165, 1.54) is 0 Å². The Morgan fingerprint density at radius 2 is 2.25 bits per heavy atom. The highest BCUT2D eigenvalue weighted by atomic mass is 79.9. The minimum absolute atomic E-state index is 0.374. The van der Waals surface area contributed by atoms with E-state index in [0.717, 1.165) is 10.2 Å². The van der Waals surface area contributed by atoms with Crippen LogP contribution in [0.2, 0.25) is 0 Å². The van der Waals surface area contributed by atoms with Crippen LogP contribution in [0.4, 0.5) is 0 Å². The van der Waals surface area contributed by atoms with Gasteiger partial charge in [-0.25, -0.2) is 4.98 Å². The number of imidazole rings is 1. The lowest BCUT2D eigenvalue weighted by Gasteiger charge is -2.03. The van der Waals surface area contributed by atoms with E-state index in [9.17, 15) is 0 Å². The Kier molecular flexibility index (Phi) is 3.57. The number of pyridine rings is 1. The zero-order valence-corrected chi connectivity index (χ0v) is 11.9. The minimum Gasteiger partial charge on any atom is -0.348 e. The second-order valence-corrected chi connectivity index (χ2v) is 5.12. The normalized spacial score (nSPS) is 12.5. The molecule has 102 valence electrons. The molecule has 7 nitrogen and oxygen atoms in total. The summed E-state index contributed by atoms with van der Waals surface area (Å²) in [5, 5.41) is 3.90. The van der Waals surface area contributed by atoms with Crippen LogP contribution in [0.3, 0.4) is 0 Å². The third kappa shape index (κ3) is 2.75. The number of hydrogen-bond donors (Lipinski definition) is 2. The van der Waals surface area contributed by atoms with Gasteiger partial charge in [-0.1, -0.05) is 5.16 Å². The number of nitrogens with two attached hydrogens (primary N) is 1. The lowest BCUT2D eigenvalue weighted by atomic mass is 10.2. The van der Waals surface area contributed by atoms with E-state index >= 15 is 0 Å². The average Bonchev–Trinajstić information content (AvgIpc) is 3.10. The van der Waals surface area contributed by atoms with Crippen LogP contribution in [0.15, 0.2) is 39.8 Å². The van der Waals surface area contributed by atoms with Crippen LogP contribution in [-0.2, 0) is 6.42 Å². The Bertz CT molecular complexity index is 678. The largest absolute Gasteiger partial charge is 0.348 e. The molecule has 0 saturated carbocycles. The summed E-state index contributed by atoms with van der Waals surface area (Å²) >= 11 is 3.32. The van der Waals surface area contributed by atoms with E-state index in [0.29, 0.717) is 23.8 Å². The molecule has 0 saturated heterocycles. The summed E-state index contributed by atoms with van der Waals surface area (Å²) in [6, 6.07) is 3.29. The molecule has 3 N–H and O–H groups in total. The standard InChI is InChI=1S/C12H11BrN6O/c13-7-1-2-10(16-4-7)11-18-12(20-19-11)9(14)3-8-5-15-6-17-8/h1-2,4-6,9H,3,14H2,(H,15,17)/t9-/m1/s1. The fraction of sp³-hybridized carbons (Fsp3) is 0.167. The van der Waals surface area contributed by atoms with E-state index in [4.69, 9.17) is 10.3 Å². The summed E-state index contributed by atoms with van der Waals surface area (Å²) < 4.78 is 6.08. The van der Waals surface area contributed by atoms with Crippen molar-refractivity contribution in [2.24, 2.45) is 5.73 Å². The van der Waals surface area contributed by atoms with Gasteiger partial charge in [-0.2, -0.15) is 4.98 Å². The van der Waals surface area contributed by atoms with Crippen molar-refractivity contribution >= 4 is 15.9 Å². The summed E-state index contributed by atoms with van der Waals surface area (Å²) in [6.07, 6.45) is 5.55. The van der Waals surface area contributed by atoms with Crippen molar-refractivity contribution in [3.8, 4) is 11.5 Å². The third-order valence-electron chi connectivity index (χ3n) is 2.71. The summed E-state index contributed by atoms with van der Waals surface area (Å²) in [6.45, 7) is 0. The second kappa shape index (κ2) is 5.51. The van der Waals surface area contributed by atoms with Gasteiger partial charge in [-0.3, -0.25) is 4.98 Å². The van der Waals surface area contributed by atoms with E-state index in [1.54, 1.807) is 24.8 Å². The lowest BCUT2D eigenvalue weighted by Crippen LogP contribution is -2.14. The predicted molar refractivity (Wildman–Crippen MR) is 74.4 cm³/mol. The smallest absolute Gasteiger partial charge is 0.244 e. The molecular weight excluding hydrogens is 324 g/mol. The highest BCUT2D eigenvalue weighted by Crippen LogP contribution is 2.19. The van der Waals surface area contributed by atoms with E-state index in [-0.39, 0.29) is 6.04 Å². The fourth-order valence-corrected chi connectivity index (χ4v) is 1.95. The molecule has 0 aliphatic carbocycles. The zero-order valence-electron chi connectivity index (χ0n) is 10.3.